The van der Waals surface area contributed by atoms with Gasteiger partial charge in [0.1, 0.15) is 0 Å². The quantitative estimate of drug-likeness (QED) is 0.171. The molecular weight excluding hydrogens is 813 g/mol. The Morgan fingerprint density at radius 3 is 2.09 bits per heavy atom. The summed E-state index contributed by atoms with van der Waals surface area (Å²) in [6, 6.07) is 44.0. The van der Waals surface area contributed by atoms with Gasteiger partial charge in [-0.15, -0.1) is 0 Å². The Morgan fingerprint density at radius 2 is 1.27 bits per heavy atom. The topological polar surface area (TPSA) is 16.3 Å². The second kappa shape index (κ2) is 15.7. The van der Waals surface area contributed by atoms with Crippen molar-refractivity contribution in [1.29, 1.82) is 0 Å². The van der Waals surface area contributed by atoms with Crippen molar-refractivity contribution < 1.29 is 0 Å². The van der Waals surface area contributed by atoms with E-state index >= 15 is 0 Å². The fourth-order valence-corrected chi connectivity index (χ4v) is 12.7. The van der Waals surface area contributed by atoms with Crippen molar-refractivity contribution >= 4 is 44.5 Å². The Hall–Kier alpha value is -7.30. The molecular formula is C63H56N4. The van der Waals surface area contributed by atoms with Crippen molar-refractivity contribution in [2.75, 3.05) is 4.90 Å². The molecule has 0 bridgehead atoms. The zero-order chi connectivity index (χ0) is 44.8. The molecule has 5 aromatic carbocycles. The lowest BCUT2D eigenvalue weighted by Crippen LogP contribution is -2.45. The van der Waals surface area contributed by atoms with Crippen molar-refractivity contribution in [3.05, 3.63) is 229 Å². The number of hydrogen-bond acceptors (Lipinski definition) is 2. The summed E-state index contributed by atoms with van der Waals surface area (Å²) in [5.74, 6) is 0.808. The minimum Gasteiger partial charge on any atom is -0.358 e. The predicted molar refractivity (Wildman–Crippen MR) is 282 cm³/mol. The van der Waals surface area contributed by atoms with E-state index in [0.29, 0.717) is 11.8 Å². The third-order valence-electron chi connectivity index (χ3n) is 15.9. The Bertz CT molecular complexity index is 3430. The molecule has 6 atom stereocenters. The first kappa shape index (κ1) is 40.0. The SMILES string of the molecule is CC1CC=Cc2c1n(-c1ccc3c4ccccc4n(-c4ccc(-c5ccc(N6C(C)/C=C(N7C8=C(CCC=C8)[C@@]8(C)C=CC=CC78)\C=C/CC7C=CC=CC76)cc5)cc4)c3c1)c1ccccc21. The monoisotopic (exact) mass is 868 g/mol. The summed E-state index contributed by atoms with van der Waals surface area (Å²) in [4.78, 5) is 5.29. The van der Waals surface area contributed by atoms with Crippen LogP contribution in [0.15, 0.2) is 217 Å². The third-order valence-corrected chi connectivity index (χ3v) is 15.9. The molecule has 5 unspecified atom stereocenters. The van der Waals surface area contributed by atoms with E-state index in [1.54, 1.807) is 5.57 Å². The highest BCUT2D eigenvalue weighted by atomic mass is 15.2. The second-order valence-electron chi connectivity index (χ2n) is 19.8. The molecule has 7 aromatic rings. The fraction of sp³-hybridized carbons (Fsp3) is 0.206. The van der Waals surface area contributed by atoms with Crippen LogP contribution in [0.1, 0.15) is 63.6 Å². The molecule has 0 spiro atoms. The van der Waals surface area contributed by atoms with Crippen LogP contribution < -0.4 is 4.90 Å². The molecule has 2 aromatic heterocycles. The summed E-state index contributed by atoms with van der Waals surface area (Å²) in [7, 11) is 0. The number of anilines is 1. The molecule has 4 nitrogen and oxygen atoms in total. The molecule has 0 saturated heterocycles. The Morgan fingerprint density at radius 1 is 0.582 bits per heavy atom. The number of hydrogen-bond donors (Lipinski definition) is 0. The van der Waals surface area contributed by atoms with E-state index in [1.807, 2.05) is 0 Å². The highest BCUT2D eigenvalue weighted by Gasteiger charge is 2.48. The molecule has 2 aliphatic heterocycles. The number of benzene rings is 5. The van der Waals surface area contributed by atoms with E-state index in [0.717, 1.165) is 31.4 Å². The van der Waals surface area contributed by atoms with Gasteiger partial charge < -0.3 is 18.9 Å². The fourth-order valence-electron chi connectivity index (χ4n) is 12.7. The maximum absolute atomic E-state index is 2.66. The number of aromatic nitrogens is 2. The molecule has 6 aliphatic rings. The normalized spacial score (nSPS) is 26.3. The van der Waals surface area contributed by atoms with Gasteiger partial charge in [-0.2, -0.15) is 0 Å². The van der Waals surface area contributed by atoms with Crippen LogP contribution >= 0.6 is 0 Å². The van der Waals surface area contributed by atoms with Gasteiger partial charge in [-0.3, -0.25) is 0 Å². The van der Waals surface area contributed by atoms with Gasteiger partial charge in [0.05, 0.1) is 28.6 Å². The molecule has 4 heteroatoms. The van der Waals surface area contributed by atoms with Gasteiger partial charge in [0, 0.05) is 79.2 Å². The Balaban J connectivity index is 0.848. The van der Waals surface area contributed by atoms with E-state index in [1.165, 1.54) is 77.9 Å². The number of fused-ring (bicyclic) bond motifs is 9. The van der Waals surface area contributed by atoms with E-state index in [2.05, 4.69) is 246 Å². The van der Waals surface area contributed by atoms with Gasteiger partial charge in [-0.05, 0) is 123 Å². The first-order chi connectivity index (χ1) is 32.9. The minimum absolute atomic E-state index is 0.000670. The molecule has 0 radical (unpaired) electrons. The molecule has 67 heavy (non-hydrogen) atoms. The maximum Gasteiger partial charge on any atom is 0.0651 e. The number of para-hydroxylation sites is 2. The molecule has 13 rings (SSSR count). The second-order valence-corrected chi connectivity index (χ2v) is 19.8. The summed E-state index contributed by atoms with van der Waals surface area (Å²) in [6.07, 6.45) is 39.7. The minimum atomic E-state index is 0.000670. The van der Waals surface area contributed by atoms with Gasteiger partial charge in [-0.25, -0.2) is 0 Å². The molecule has 0 saturated carbocycles. The summed E-state index contributed by atoms with van der Waals surface area (Å²) < 4.78 is 4.98. The van der Waals surface area contributed by atoms with Crippen molar-refractivity contribution in [1.82, 2.24) is 14.0 Å². The van der Waals surface area contributed by atoms with Gasteiger partial charge in [0.15, 0.2) is 0 Å². The first-order valence-electron chi connectivity index (χ1n) is 24.6. The van der Waals surface area contributed by atoms with E-state index in [-0.39, 0.29) is 23.5 Å². The summed E-state index contributed by atoms with van der Waals surface area (Å²) >= 11 is 0. The van der Waals surface area contributed by atoms with Crippen LogP contribution in [0.5, 0.6) is 0 Å². The molecule has 328 valence electrons. The summed E-state index contributed by atoms with van der Waals surface area (Å²) in [5.41, 5.74) is 16.7. The molecule has 4 aliphatic carbocycles. The van der Waals surface area contributed by atoms with Crippen molar-refractivity contribution in [2.24, 2.45) is 11.3 Å². The maximum atomic E-state index is 2.66. The summed E-state index contributed by atoms with van der Waals surface area (Å²) in [5, 5.41) is 3.86. The number of allylic oxidation sites excluding steroid dienone is 9. The molecule has 0 fully saturated rings. The van der Waals surface area contributed by atoms with Crippen LogP contribution in [0.3, 0.4) is 0 Å². The van der Waals surface area contributed by atoms with Gasteiger partial charge in [-0.1, -0.05) is 147 Å². The van der Waals surface area contributed by atoms with Crippen molar-refractivity contribution in [2.45, 2.75) is 70.5 Å². The number of nitrogens with zero attached hydrogens (tertiary/aromatic N) is 4. The smallest absolute Gasteiger partial charge is 0.0651 e. The van der Waals surface area contributed by atoms with E-state index in [4.69, 9.17) is 0 Å². The third kappa shape index (κ3) is 6.25. The molecule has 0 amide bonds. The lowest BCUT2D eigenvalue weighted by Gasteiger charge is -2.41. The Kier molecular flexibility index (Phi) is 9.35. The van der Waals surface area contributed by atoms with Crippen LogP contribution in [-0.2, 0) is 0 Å². The van der Waals surface area contributed by atoms with Crippen LogP contribution in [0.4, 0.5) is 5.69 Å². The first-order valence-corrected chi connectivity index (χ1v) is 24.6. The number of rotatable bonds is 5. The molecule has 4 heterocycles. The Labute approximate surface area is 394 Å². The highest BCUT2D eigenvalue weighted by Crippen LogP contribution is 2.53. The van der Waals surface area contributed by atoms with E-state index < -0.39 is 0 Å². The van der Waals surface area contributed by atoms with Gasteiger partial charge >= 0.3 is 0 Å². The average Bonchev–Trinajstić information content (AvgIpc) is 3.99. The van der Waals surface area contributed by atoms with Crippen molar-refractivity contribution in [3.8, 4) is 22.5 Å². The predicted octanol–water partition coefficient (Wildman–Crippen LogP) is 15.5. The van der Waals surface area contributed by atoms with Crippen LogP contribution in [0.2, 0.25) is 0 Å². The summed E-state index contributed by atoms with van der Waals surface area (Å²) in [6.45, 7) is 7.19. The lowest BCUT2D eigenvalue weighted by atomic mass is 9.73. The van der Waals surface area contributed by atoms with Gasteiger partial charge in [0.25, 0.3) is 0 Å². The van der Waals surface area contributed by atoms with Crippen LogP contribution in [0.25, 0.3) is 61.3 Å². The zero-order valence-electron chi connectivity index (χ0n) is 38.6. The standard InChI is InChI=1S/C63H56N4/c1-42-16-14-22-54-52-21-6-10-26-58(52)67(62(42)54)50-37-38-53-51-20-5-9-25-57(51)65(60(53)41-50)48-35-31-45(32-36-48)44-29-33-47(34-30-44)64-43(2)40-49(19-15-18-46-17-4-8-24-56(46)64)66-59-27-11-7-23-55(59)63(3)39-13-12-28-61(63)66/h4-6,8-15,17,19-22,24-43,46,56,61H,7,16,18,23H2,1-3H3/b19-15-,49-40+/t42?,43?,46?,56?,61?,63-/m1/s1. The highest BCUT2D eigenvalue weighted by molar-refractivity contribution is 6.10. The largest absolute Gasteiger partial charge is 0.358 e. The van der Waals surface area contributed by atoms with Crippen LogP contribution in [-0.4, -0.2) is 32.2 Å². The molecule has 0 N–H and O–H groups in total. The average molecular weight is 869 g/mol. The van der Waals surface area contributed by atoms with Crippen molar-refractivity contribution in [3.63, 3.8) is 0 Å². The lowest BCUT2D eigenvalue weighted by molar-refractivity contribution is 0.305. The zero-order valence-corrected chi connectivity index (χ0v) is 38.6. The van der Waals surface area contributed by atoms with Crippen LogP contribution in [0, 0.1) is 11.3 Å². The van der Waals surface area contributed by atoms with Gasteiger partial charge in [0.2, 0.25) is 0 Å². The van der Waals surface area contributed by atoms with E-state index in [9.17, 15) is 0 Å².